The summed E-state index contributed by atoms with van der Waals surface area (Å²) in [5.74, 6) is 0.734. The SMILES string of the molecule is CC(C)NCCCCOc1ccc2c(=O)c3ccccc3oc2c1. The second-order valence-corrected chi connectivity index (χ2v) is 6.25. The molecule has 0 amide bonds. The van der Waals surface area contributed by atoms with Gasteiger partial charge in [-0.3, -0.25) is 4.79 Å². The smallest absolute Gasteiger partial charge is 0.200 e. The van der Waals surface area contributed by atoms with Gasteiger partial charge in [0.2, 0.25) is 5.43 Å². The molecule has 24 heavy (non-hydrogen) atoms. The molecule has 3 aromatic rings. The fourth-order valence-electron chi connectivity index (χ4n) is 2.68. The lowest BCUT2D eigenvalue weighted by Crippen LogP contribution is -2.23. The van der Waals surface area contributed by atoms with Gasteiger partial charge in [-0.2, -0.15) is 0 Å². The second-order valence-electron chi connectivity index (χ2n) is 6.25. The van der Waals surface area contributed by atoms with Gasteiger partial charge in [0.15, 0.2) is 0 Å². The number of unbranched alkanes of at least 4 members (excludes halogenated alkanes) is 1. The summed E-state index contributed by atoms with van der Waals surface area (Å²) in [5, 5.41) is 4.58. The summed E-state index contributed by atoms with van der Waals surface area (Å²) in [7, 11) is 0. The van der Waals surface area contributed by atoms with Crippen LogP contribution in [-0.4, -0.2) is 19.2 Å². The first kappa shape index (κ1) is 16.5. The van der Waals surface area contributed by atoms with Gasteiger partial charge in [-0.15, -0.1) is 0 Å². The molecular weight excluding hydrogens is 302 g/mol. The average molecular weight is 325 g/mol. The van der Waals surface area contributed by atoms with E-state index in [2.05, 4.69) is 19.2 Å². The minimum atomic E-state index is -0.00170. The summed E-state index contributed by atoms with van der Waals surface area (Å²) in [6, 6.07) is 13.2. The Morgan fingerprint density at radius 3 is 2.67 bits per heavy atom. The van der Waals surface area contributed by atoms with Crippen LogP contribution in [0.15, 0.2) is 51.7 Å². The Bertz CT molecular complexity index is 883. The van der Waals surface area contributed by atoms with Crippen LogP contribution in [0.3, 0.4) is 0 Å². The number of hydrogen-bond acceptors (Lipinski definition) is 4. The van der Waals surface area contributed by atoms with E-state index in [0.29, 0.717) is 34.6 Å². The fourth-order valence-corrected chi connectivity index (χ4v) is 2.68. The summed E-state index contributed by atoms with van der Waals surface area (Å²) in [6.07, 6.45) is 2.06. The van der Waals surface area contributed by atoms with Crippen LogP contribution in [0.5, 0.6) is 5.75 Å². The molecule has 0 aliphatic heterocycles. The Morgan fingerprint density at radius 2 is 1.83 bits per heavy atom. The van der Waals surface area contributed by atoms with Crippen molar-refractivity contribution in [2.75, 3.05) is 13.2 Å². The van der Waals surface area contributed by atoms with Crippen molar-refractivity contribution in [2.45, 2.75) is 32.7 Å². The summed E-state index contributed by atoms with van der Waals surface area (Å²) in [6.45, 7) is 5.94. The van der Waals surface area contributed by atoms with Crippen molar-refractivity contribution in [1.82, 2.24) is 5.32 Å². The molecule has 0 radical (unpaired) electrons. The lowest BCUT2D eigenvalue weighted by Gasteiger charge is -2.09. The van der Waals surface area contributed by atoms with E-state index in [0.717, 1.165) is 25.1 Å². The molecule has 2 aromatic carbocycles. The van der Waals surface area contributed by atoms with E-state index in [1.165, 1.54) is 0 Å². The maximum absolute atomic E-state index is 12.5. The predicted molar refractivity (Wildman–Crippen MR) is 97.9 cm³/mol. The summed E-state index contributed by atoms with van der Waals surface area (Å²) >= 11 is 0. The maximum Gasteiger partial charge on any atom is 0.200 e. The van der Waals surface area contributed by atoms with Crippen molar-refractivity contribution in [3.63, 3.8) is 0 Å². The highest BCUT2D eigenvalue weighted by Crippen LogP contribution is 2.22. The third kappa shape index (κ3) is 3.77. The monoisotopic (exact) mass is 325 g/mol. The highest BCUT2D eigenvalue weighted by Gasteiger charge is 2.08. The summed E-state index contributed by atoms with van der Waals surface area (Å²) in [5.41, 5.74) is 1.17. The number of benzene rings is 2. The first-order valence-electron chi connectivity index (χ1n) is 8.47. The molecule has 1 aromatic heterocycles. The molecule has 4 heteroatoms. The molecule has 0 atom stereocenters. The topological polar surface area (TPSA) is 51.5 Å². The van der Waals surface area contributed by atoms with Gasteiger partial charge in [0.25, 0.3) is 0 Å². The van der Waals surface area contributed by atoms with E-state index in [-0.39, 0.29) is 5.43 Å². The van der Waals surface area contributed by atoms with Crippen LogP contribution >= 0.6 is 0 Å². The van der Waals surface area contributed by atoms with E-state index in [4.69, 9.17) is 9.15 Å². The normalized spacial score (nSPS) is 11.5. The molecular formula is C20H23NO3. The lowest BCUT2D eigenvalue weighted by atomic mass is 10.1. The summed E-state index contributed by atoms with van der Waals surface area (Å²) in [4.78, 5) is 12.5. The van der Waals surface area contributed by atoms with Crippen LogP contribution in [0.1, 0.15) is 26.7 Å². The highest BCUT2D eigenvalue weighted by molar-refractivity contribution is 5.90. The number of para-hydroxylation sites is 1. The molecule has 126 valence electrons. The highest BCUT2D eigenvalue weighted by atomic mass is 16.5. The zero-order chi connectivity index (χ0) is 16.9. The van der Waals surface area contributed by atoms with E-state index in [1.54, 1.807) is 18.2 Å². The molecule has 0 spiro atoms. The van der Waals surface area contributed by atoms with Crippen molar-refractivity contribution < 1.29 is 9.15 Å². The Morgan fingerprint density at radius 1 is 1.04 bits per heavy atom. The van der Waals surface area contributed by atoms with Gasteiger partial charge in [0, 0.05) is 12.1 Å². The van der Waals surface area contributed by atoms with Gasteiger partial charge in [-0.25, -0.2) is 0 Å². The van der Waals surface area contributed by atoms with Crippen LogP contribution in [0.2, 0.25) is 0 Å². The molecule has 0 aliphatic carbocycles. The number of ether oxygens (including phenoxy) is 1. The largest absolute Gasteiger partial charge is 0.493 e. The van der Waals surface area contributed by atoms with Gasteiger partial charge in [0.05, 0.1) is 17.4 Å². The molecule has 0 unspecified atom stereocenters. The Kier molecular flexibility index (Phi) is 5.16. The van der Waals surface area contributed by atoms with Crippen LogP contribution in [-0.2, 0) is 0 Å². The third-order valence-corrected chi connectivity index (χ3v) is 3.94. The fraction of sp³-hybridized carbons (Fsp3) is 0.350. The first-order valence-corrected chi connectivity index (χ1v) is 8.47. The van der Waals surface area contributed by atoms with Gasteiger partial charge in [-0.1, -0.05) is 26.0 Å². The number of hydrogen-bond donors (Lipinski definition) is 1. The number of fused-ring (bicyclic) bond motifs is 2. The van der Waals surface area contributed by atoms with E-state index in [9.17, 15) is 4.79 Å². The molecule has 0 aliphatic rings. The van der Waals surface area contributed by atoms with Crippen molar-refractivity contribution in [2.24, 2.45) is 0 Å². The lowest BCUT2D eigenvalue weighted by molar-refractivity contribution is 0.305. The molecule has 0 fully saturated rings. The standard InChI is InChI=1S/C20H23NO3/c1-14(2)21-11-5-6-12-23-15-9-10-17-19(13-15)24-18-8-4-3-7-16(18)20(17)22/h3-4,7-10,13-14,21H,5-6,11-12H2,1-2H3. The van der Waals surface area contributed by atoms with Crippen molar-refractivity contribution in [1.29, 1.82) is 0 Å². The summed E-state index contributed by atoms with van der Waals surface area (Å²) < 4.78 is 11.6. The number of rotatable bonds is 7. The van der Waals surface area contributed by atoms with Crippen molar-refractivity contribution in [3.05, 3.63) is 52.7 Å². The molecule has 0 saturated heterocycles. The van der Waals surface area contributed by atoms with Crippen molar-refractivity contribution in [3.8, 4) is 5.75 Å². The Hall–Kier alpha value is -2.33. The van der Waals surface area contributed by atoms with Crippen molar-refractivity contribution >= 4 is 21.9 Å². The number of nitrogens with one attached hydrogen (secondary N) is 1. The maximum atomic E-state index is 12.5. The zero-order valence-electron chi connectivity index (χ0n) is 14.2. The molecule has 0 saturated carbocycles. The van der Waals surface area contributed by atoms with E-state index in [1.807, 2.05) is 24.3 Å². The quantitative estimate of drug-likeness (QED) is 0.525. The predicted octanol–water partition coefficient (Wildman–Crippen LogP) is 4.10. The minimum absolute atomic E-state index is 0.00170. The first-order chi connectivity index (χ1) is 11.6. The molecule has 1 N–H and O–H groups in total. The van der Waals surface area contributed by atoms with E-state index < -0.39 is 0 Å². The Balaban J connectivity index is 1.70. The van der Waals surface area contributed by atoms with E-state index >= 15 is 0 Å². The van der Waals surface area contributed by atoms with Gasteiger partial charge >= 0.3 is 0 Å². The third-order valence-electron chi connectivity index (χ3n) is 3.94. The van der Waals surface area contributed by atoms with Crippen LogP contribution in [0.25, 0.3) is 21.9 Å². The molecule has 0 bridgehead atoms. The van der Waals surface area contributed by atoms with Crippen LogP contribution in [0.4, 0.5) is 0 Å². The van der Waals surface area contributed by atoms with Crippen LogP contribution < -0.4 is 15.5 Å². The Labute approximate surface area is 141 Å². The average Bonchev–Trinajstić information content (AvgIpc) is 2.58. The van der Waals surface area contributed by atoms with Gasteiger partial charge < -0.3 is 14.5 Å². The van der Waals surface area contributed by atoms with Crippen LogP contribution in [0, 0.1) is 0 Å². The minimum Gasteiger partial charge on any atom is -0.493 e. The zero-order valence-corrected chi connectivity index (χ0v) is 14.2. The second kappa shape index (κ2) is 7.49. The van der Waals surface area contributed by atoms with Gasteiger partial charge in [-0.05, 0) is 43.7 Å². The molecule has 4 nitrogen and oxygen atoms in total. The molecule has 1 heterocycles. The molecule has 3 rings (SSSR count). The van der Waals surface area contributed by atoms with Gasteiger partial charge in [0.1, 0.15) is 16.9 Å².